The Kier molecular flexibility index (Phi) is 5.08. The Morgan fingerprint density at radius 3 is 2.58 bits per heavy atom. The van der Waals surface area contributed by atoms with E-state index < -0.39 is 0 Å². The number of anilines is 1. The summed E-state index contributed by atoms with van der Waals surface area (Å²) in [5.41, 5.74) is 6.57. The lowest BCUT2D eigenvalue weighted by Crippen LogP contribution is -2.39. The van der Waals surface area contributed by atoms with Crippen LogP contribution in [0.4, 0.5) is 5.69 Å². The number of piperidine rings is 1. The molecule has 19 heavy (non-hydrogen) atoms. The summed E-state index contributed by atoms with van der Waals surface area (Å²) in [7, 11) is 0. The van der Waals surface area contributed by atoms with Gasteiger partial charge in [-0.1, -0.05) is 26.0 Å². The smallest absolute Gasteiger partial charge is 0.142 e. The fraction of sp³-hybridized carbons (Fsp3) is 0.625. The number of nitrogen functional groups attached to an aromatic ring is 1. The summed E-state index contributed by atoms with van der Waals surface area (Å²) < 4.78 is 5.73. The molecule has 0 aromatic heterocycles. The molecule has 0 bridgehead atoms. The molecular formula is C16H26N2O. The molecule has 2 atom stereocenters. The van der Waals surface area contributed by atoms with E-state index in [2.05, 4.69) is 18.7 Å². The Labute approximate surface area is 116 Å². The van der Waals surface area contributed by atoms with Gasteiger partial charge in [0.2, 0.25) is 0 Å². The van der Waals surface area contributed by atoms with Crippen LogP contribution in [0, 0.1) is 11.8 Å². The standard InChI is InChI=1S/C16H26N2O/c1-13-10-14(2)12-18(11-13)8-5-9-19-16-7-4-3-6-15(16)17/h3-4,6-7,13-14H,5,8-12,17H2,1-2H3. The van der Waals surface area contributed by atoms with E-state index in [0.717, 1.165) is 42.8 Å². The molecular weight excluding hydrogens is 236 g/mol. The van der Waals surface area contributed by atoms with Crippen LogP contribution in [0.2, 0.25) is 0 Å². The van der Waals surface area contributed by atoms with Crippen molar-refractivity contribution in [3.05, 3.63) is 24.3 Å². The molecule has 3 nitrogen and oxygen atoms in total. The number of hydrogen-bond acceptors (Lipinski definition) is 3. The molecule has 0 radical (unpaired) electrons. The van der Waals surface area contributed by atoms with Crippen LogP contribution in [0.1, 0.15) is 26.7 Å². The lowest BCUT2D eigenvalue weighted by molar-refractivity contribution is 0.132. The van der Waals surface area contributed by atoms with E-state index in [1.807, 2.05) is 24.3 Å². The zero-order valence-corrected chi connectivity index (χ0v) is 12.1. The van der Waals surface area contributed by atoms with Gasteiger partial charge >= 0.3 is 0 Å². The van der Waals surface area contributed by atoms with E-state index in [-0.39, 0.29) is 0 Å². The highest BCUT2D eigenvalue weighted by molar-refractivity contribution is 5.51. The second kappa shape index (κ2) is 6.80. The van der Waals surface area contributed by atoms with Gasteiger partial charge in [-0.2, -0.15) is 0 Å². The zero-order valence-electron chi connectivity index (χ0n) is 12.1. The third-order valence-electron chi connectivity index (χ3n) is 3.74. The number of ether oxygens (including phenoxy) is 1. The molecule has 1 heterocycles. The molecule has 1 aromatic carbocycles. The molecule has 1 saturated heterocycles. The summed E-state index contributed by atoms with van der Waals surface area (Å²) in [6.07, 6.45) is 2.43. The van der Waals surface area contributed by atoms with E-state index in [1.165, 1.54) is 19.5 Å². The number of para-hydroxylation sites is 2. The molecule has 2 rings (SSSR count). The van der Waals surface area contributed by atoms with Crippen LogP contribution in [0.3, 0.4) is 0 Å². The molecule has 0 saturated carbocycles. The summed E-state index contributed by atoms with van der Waals surface area (Å²) in [6.45, 7) is 9.04. The van der Waals surface area contributed by atoms with Crippen molar-refractivity contribution in [1.82, 2.24) is 4.90 Å². The van der Waals surface area contributed by atoms with Gasteiger partial charge in [-0.15, -0.1) is 0 Å². The highest BCUT2D eigenvalue weighted by Gasteiger charge is 2.20. The fourth-order valence-corrected chi connectivity index (χ4v) is 3.06. The van der Waals surface area contributed by atoms with Gasteiger partial charge in [-0.25, -0.2) is 0 Å². The summed E-state index contributed by atoms with van der Waals surface area (Å²) in [4.78, 5) is 2.57. The Hall–Kier alpha value is -1.22. The Balaban J connectivity index is 1.68. The first kappa shape index (κ1) is 14.2. The first-order valence-electron chi connectivity index (χ1n) is 7.35. The van der Waals surface area contributed by atoms with Crippen molar-refractivity contribution in [3.8, 4) is 5.75 Å². The van der Waals surface area contributed by atoms with Crippen LogP contribution in [0.25, 0.3) is 0 Å². The molecule has 3 heteroatoms. The average molecular weight is 262 g/mol. The van der Waals surface area contributed by atoms with Crippen molar-refractivity contribution in [2.24, 2.45) is 11.8 Å². The largest absolute Gasteiger partial charge is 0.491 e. The van der Waals surface area contributed by atoms with Gasteiger partial charge in [-0.3, -0.25) is 0 Å². The highest BCUT2D eigenvalue weighted by Crippen LogP contribution is 2.22. The molecule has 1 aliphatic heterocycles. The molecule has 0 spiro atoms. The quantitative estimate of drug-likeness (QED) is 0.655. The van der Waals surface area contributed by atoms with Crippen LogP contribution in [-0.4, -0.2) is 31.1 Å². The summed E-state index contributed by atoms with van der Waals surface area (Å²) in [5, 5.41) is 0. The summed E-state index contributed by atoms with van der Waals surface area (Å²) in [6, 6.07) is 7.70. The average Bonchev–Trinajstić information content (AvgIpc) is 2.35. The fourth-order valence-electron chi connectivity index (χ4n) is 3.06. The van der Waals surface area contributed by atoms with Crippen LogP contribution in [-0.2, 0) is 0 Å². The maximum Gasteiger partial charge on any atom is 0.142 e. The van der Waals surface area contributed by atoms with E-state index in [1.54, 1.807) is 0 Å². The van der Waals surface area contributed by atoms with Gasteiger partial charge < -0.3 is 15.4 Å². The second-order valence-electron chi connectivity index (χ2n) is 5.95. The topological polar surface area (TPSA) is 38.5 Å². The number of nitrogens with zero attached hydrogens (tertiary/aromatic N) is 1. The van der Waals surface area contributed by atoms with Gasteiger partial charge in [0, 0.05) is 19.6 Å². The van der Waals surface area contributed by atoms with Crippen molar-refractivity contribution in [2.45, 2.75) is 26.7 Å². The minimum absolute atomic E-state index is 0.725. The molecule has 0 amide bonds. The third kappa shape index (κ3) is 4.43. The van der Waals surface area contributed by atoms with Gasteiger partial charge in [0.25, 0.3) is 0 Å². The van der Waals surface area contributed by atoms with Crippen molar-refractivity contribution in [1.29, 1.82) is 0 Å². The first-order chi connectivity index (χ1) is 9.15. The number of likely N-dealkylation sites (tertiary alicyclic amines) is 1. The van der Waals surface area contributed by atoms with Crippen LogP contribution in [0.15, 0.2) is 24.3 Å². The normalized spacial score (nSPS) is 24.3. The van der Waals surface area contributed by atoms with E-state index in [0.29, 0.717) is 0 Å². The van der Waals surface area contributed by atoms with Crippen molar-refractivity contribution in [2.75, 3.05) is 32.0 Å². The molecule has 1 aromatic rings. The van der Waals surface area contributed by atoms with E-state index >= 15 is 0 Å². The predicted octanol–water partition coefficient (Wildman–Crippen LogP) is 3.02. The minimum atomic E-state index is 0.725. The van der Waals surface area contributed by atoms with E-state index in [9.17, 15) is 0 Å². The summed E-state index contributed by atoms with van der Waals surface area (Å²) in [5.74, 6) is 2.46. The number of benzene rings is 1. The SMILES string of the molecule is CC1CC(C)CN(CCCOc2ccccc2N)C1. The van der Waals surface area contributed by atoms with Crippen molar-refractivity contribution in [3.63, 3.8) is 0 Å². The maximum absolute atomic E-state index is 5.85. The zero-order chi connectivity index (χ0) is 13.7. The molecule has 1 aliphatic rings. The number of rotatable bonds is 5. The first-order valence-corrected chi connectivity index (χ1v) is 7.35. The molecule has 1 fully saturated rings. The minimum Gasteiger partial charge on any atom is -0.491 e. The van der Waals surface area contributed by atoms with Gasteiger partial charge in [0.1, 0.15) is 5.75 Å². The van der Waals surface area contributed by atoms with Gasteiger partial charge in [0.15, 0.2) is 0 Å². The monoisotopic (exact) mass is 262 g/mol. The van der Waals surface area contributed by atoms with Crippen molar-refractivity contribution < 1.29 is 4.74 Å². The van der Waals surface area contributed by atoms with Crippen molar-refractivity contribution >= 4 is 5.69 Å². The second-order valence-corrected chi connectivity index (χ2v) is 5.95. The Bertz CT molecular complexity index is 384. The molecule has 106 valence electrons. The van der Waals surface area contributed by atoms with Gasteiger partial charge in [0.05, 0.1) is 12.3 Å². The Morgan fingerprint density at radius 1 is 1.21 bits per heavy atom. The molecule has 2 N–H and O–H groups in total. The van der Waals surface area contributed by atoms with Gasteiger partial charge in [-0.05, 0) is 36.8 Å². The number of nitrogens with two attached hydrogens (primary N) is 1. The number of hydrogen-bond donors (Lipinski definition) is 1. The Morgan fingerprint density at radius 2 is 1.89 bits per heavy atom. The molecule has 0 aliphatic carbocycles. The predicted molar refractivity (Wildman–Crippen MR) is 80.4 cm³/mol. The lowest BCUT2D eigenvalue weighted by atomic mass is 9.92. The van der Waals surface area contributed by atoms with Crippen LogP contribution >= 0.6 is 0 Å². The third-order valence-corrected chi connectivity index (χ3v) is 3.74. The maximum atomic E-state index is 5.85. The highest BCUT2D eigenvalue weighted by atomic mass is 16.5. The lowest BCUT2D eigenvalue weighted by Gasteiger charge is -2.34. The van der Waals surface area contributed by atoms with Crippen LogP contribution in [0.5, 0.6) is 5.75 Å². The van der Waals surface area contributed by atoms with E-state index in [4.69, 9.17) is 10.5 Å². The van der Waals surface area contributed by atoms with Crippen LogP contribution < -0.4 is 10.5 Å². The summed E-state index contributed by atoms with van der Waals surface area (Å²) >= 11 is 0. The molecule has 2 unspecified atom stereocenters.